The van der Waals surface area contributed by atoms with Crippen molar-refractivity contribution in [3.8, 4) is 0 Å². The van der Waals surface area contributed by atoms with Crippen LogP contribution >= 0.6 is 0 Å². The lowest BCUT2D eigenvalue weighted by Crippen LogP contribution is -2.51. The zero-order valence-corrected chi connectivity index (χ0v) is 11.0. The second-order valence-electron chi connectivity index (χ2n) is 5.20. The molecule has 0 aromatic heterocycles. The zero-order chi connectivity index (χ0) is 13.7. The fraction of sp³-hybridized carbons (Fsp3) is 0.833. The Morgan fingerprint density at radius 1 is 1.50 bits per heavy atom. The van der Waals surface area contributed by atoms with Crippen LogP contribution in [0.3, 0.4) is 0 Å². The van der Waals surface area contributed by atoms with Crippen molar-refractivity contribution in [2.24, 2.45) is 11.7 Å². The van der Waals surface area contributed by atoms with E-state index in [4.69, 9.17) is 10.8 Å². The normalized spacial score (nSPS) is 22.8. The lowest BCUT2D eigenvalue weighted by molar-refractivity contribution is -0.142. The number of amides is 1. The van der Waals surface area contributed by atoms with Gasteiger partial charge in [0.15, 0.2) is 0 Å². The first-order valence-corrected chi connectivity index (χ1v) is 6.44. The maximum atomic E-state index is 11.8. The molecule has 1 saturated heterocycles. The van der Waals surface area contributed by atoms with Crippen LogP contribution in [0.4, 0.5) is 0 Å². The van der Waals surface area contributed by atoms with E-state index in [1.54, 1.807) is 0 Å². The zero-order valence-electron chi connectivity index (χ0n) is 11.0. The van der Waals surface area contributed by atoms with Gasteiger partial charge >= 0.3 is 5.97 Å². The average molecular weight is 257 g/mol. The highest BCUT2D eigenvalue weighted by atomic mass is 16.4. The number of rotatable bonds is 6. The van der Waals surface area contributed by atoms with Gasteiger partial charge in [-0.15, -0.1) is 0 Å². The minimum absolute atomic E-state index is 0.0101. The summed E-state index contributed by atoms with van der Waals surface area (Å²) in [7, 11) is 0. The van der Waals surface area contributed by atoms with Crippen LogP contribution in [0.25, 0.3) is 0 Å². The average Bonchev–Trinajstić information content (AvgIpc) is 2.79. The van der Waals surface area contributed by atoms with Gasteiger partial charge in [-0.25, -0.2) is 4.79 Å². The molecule has 0 aromatic carbocycles. The highest BCUT2D eigenvalue weighted by Crippen LogP contribution is 2.11. The minimum Gasteiger partial charge on any atom is -0.480 e. The Kier molecular flexibility index (Phi) is 5.55. The van der Waals surface area contributed by atoms with Crippen molar-refractivity contribution in [3.63, 3.8) is 0 Å². The third kappa shape index (κ3) is 4.27. The molecule has 1 aliphatic rings. The van der Waals surface area contributed by atoms with Crippen LogP contribution < -0.4 is 16.4 Å². The molecule has 1 fully saturated rings. The molecule has 1 heterocycles. The van der Waals surface area contributed by atoms with Crippen molar-refractivity contribution < 1.29 is 14.7 Å². The number of hydrogen-bond donors (Lipinski definition) is 4. The number of aliphatic carboxylic acids is 1. The van der Waals surface area contributed by atoms with Crippen molar-refractivity contribution in [1.29, 1.82) is 0 Å². The molecule has 0 radical (unpaired) electrons. The summed E-state index contributed by atoms with van der Waals surface area (Å²) in [6.07, 6.45) is 2.41. The van der Waals surface area contributed by atoms with E-state index in [-0.39, 0.29) is 12.0 Å². The number of carboxylic acids is 1. The molecule has 18 heavy (non-hydrogen) atoms. The summed E-state index contributed by atoms with van der Waals surface area (Å²) in [4.78, 5) is 22.9. The molecule has 5 N–H and O–H groups in total. The van der Waals surface area contributed by atoms with E-state index in [0.29, 0.717) is 6.42 Å². The van der Waals surface area contributed by atoms with Crippen LogP contribution in [0.15, 0.2) is 0 Å². The fourth-order valence-corrected chi connectivity index (χ4v) is 2.03. The summed E-state index contributed by atoms with van der Waals surface area (Å²) in [6.45, 7) is 4.58. The molecule has 0 aliphatic carbocycles. The summed E-state index contributed by atoms with van der Waals surface area (Å²) >= 11 is 0. The van der Waals surface area contributed by atoms with E-state index in [0.717, 1.165) is 19.4 Å². The van der Waals surface area contributed by atoms with Crippen LogP contribution in [-0.4, -0.2) is 41.7 Å². The molecule has 3 unspecified atom stereocenters. The fourth-order valence-electron chi connectivity index (χ4n) is 2.03. The molecule has 0 bridgehead atoms. The minimum atomic E-state index is -1.01. The number of nitrogens with one attached hydrogen (secondary N) is 2. The maximum absolute atomic E-state index is 11.8. The van der Waals surface area contributed by atoms with Gasteiger partial charge in [-0.2, -0.15) is 0 Å². The Balaban J connectivity index is 2.51. The topological polar surface area (TPSA) is 104 Å². The summed E-state index contributed by atoms with van der Waals surface area (Å²) in [5, 5.41) is 14.9. The van der Waals surface area contributed by atoms with E-state index < -0.39 is 24.0 Å². The summed E-state index contributed by atoms with van der Waals surface area (Å²) in [6, 6.07) is -1.36. The molecule has 6 nitrogen and oxygen atoms in total. The van der Waals surface area contributed by atoms with Gasteiger partial charge in [0.25, 0.3) is 0 Å². The number of carboxylic acid groups (broad SMARTS) is 1. The van der Waals surface area contributed by atoms with E-state index in [1.807, 2.05) is 13.8 Å². The number of nitrogens with two attached hydrogens (primary N) is 1. The van der Waals surface area contributed by atoms with E-state index >= 15 is 0 Å². The number of carbonyl (C=O) groups excluding carboxylic acids is 1. The van der Waals surface area contributed by atoms with Gasteiger partial charge in [0.2, 0.25) is 5.91 Å². The van der Waals surface area contributed by atoms with E-state index in [1.165, 1.54) is 0 Å². The van der Waals surface area contributed by atoms with Gasteiger partial charge in [-0.3, -0.25) is 4.79 Å². The third-order valence-electron chi connectivity index (χ3n) is 3.32. The molecule has 0 aromatic rings. The molecular weight excluding hydrogens is 234 g/mol. The van der Waals surface area contributed by atoms with Crippen molar-refractivity contribution in [3.05, 3.63) is 0 Å². The first-order valence-electron chi connectivity index (χ1n) is 6.44. The van der Waals surface area contributed by atoms with Gasteiger partial charge < -0.3 is 21.5 Å². The number of hydrogen-bond acceptors (Lipinski definition) is 4. The predicted octanol–water partition coefficient (Wildman–Crippen LogP) is -0.319. The molecule has 1 aliphatic heterocycles. The molecule has 104 valence electrons. The summed E-state index contributed by atoms with van der Waals surface area (Å²) in [5.41, 5.74) is 5.70. The van der Waals surface area contributed by atoms with Crippen LogP contribution in [0.1, 0.15) is 33.1 Å². The van der Waals surface area contributed by atoms with Gasteiger partial charge in [-0.05, 0) is 31.7 Å². The molecule has 1 rings (SSSR count). The lowest BCUT2D eigenvalue weighted by atomic mass is 10.0. The smallest absolute Gasteiger partial charge is 0.326 e. The van der Waals surface area contributed by atoms with E-state index in [2.05, 4.69) is 10.6 Å². The summed E-state index contributed by atoms with van der Waals surface area (Å²) in [5.74, 6) is -1.41. The Morgan fingerprint density at radius 3 is 2.61 bits per heavy atom. The molecular formula is C12H23N3O3. The predicted molar refractivity (Wildman–Crippen MR) is 68.0 cm³/mol. The molecule has 3 atom stereocenters. The van der Waals surface area contributed by atoms with E-state index in [9.17, 15) is 9.59 Å². The van der Waals surface area contributed by atoms with Crippen molar-refractivity contribution >= 4 is 11.9 Å². The largest absolute Gasteiger partial charge is 0.480 e. The molecule has 0 saturated carbocycles. The van der Waals surface area contributed by atoms with Gasteiger partial charge in [-0.1, -0.05) is 13.8 Å². The highest BCUT2D eigenvalue weighted by molar-refractivity contribution is 5.86. The summed E-state index contributed by atoms with van der Waals surface area (Å²) < 4.78 is 0. The van der Waals surface area contributed by atoms with Crippen LogP contribution in [0.2, 0.25) is 0 Å². The highest BCUT2D eigenvalue weighted by Gasteiger charge is 2.28. The van der Waals surface area contributed by atoms with Crippen molar-refractivity contribution in [2.45, 2.75) is 51.2 Å². The second-order valence-corrected chi connectivity index (χ2v) is 5.20. The quantitative estimate of drug-likeness (QED) is 0.522. The van der Waals surface area contributed by atoms with Crippen LogP contribution in [0, 0.1) is 5.92 Å². The Labute approximate surface area is 107 Å². The second kappa shape index (κ2) is 6.70. The first kappa shape index (κ1) is 14.9. The van der Waals surface area contributed by atoms with Crippen LogP contribution in [-0.2, 0) is 9.59 Å². The van der Waals surface area contributed by atoms with Crippen molar-refractivity contribution in [2.75, 3.05) is 6.54 Å². The Morgan fingerprint density at radius 2 is 2.17 bits per heavy atom. The van der Waals surface area contributed by atoms with Crippen molar-refractivity contribution in [1.82, 2.24) is 10.6 Å². The lowest BCUT2D eigenvalue weighted by Gasteiger charge is -2.22. The standard InChI is InChI=1S/C12H23N3O3/c1-7(2)10(13)11(16)15-9(12(17)18)6-8-4-3-5-14-8/h7-10,14H,3-6,13H2,1-2H3,(H,15,16)(H,17,18). The van der Waals surface area contributed by atoms with Crippen LogP contribution in [0.5, 0.6) is 0 Å². The SMILES string of the molecule is CC(C)C(N)C(=O)NC(CC1CCCN1)C(=O)O. The van der Waals surface area contributed by atoms with Gasteiger partial charge in [0, 0.05) is 6.04 Å². The van der Waals surface area contributed by atoms with Gasteiger partial charge in [0.05, 0.1) is 6.04 Å². The Bertz CT molecular complexity index is 301. The number of carbonyl (C=O) groups is 2. The Hall–Kier alpha value is -1.14. The molecule has 6 heteroatoms. The maximum Gasteiger partial charge on any atom is 0.326 e. The van der Waals surface area contributed by atoms with Gasteiger partial charge in [0.1, 0.15) is 6.04 Å². The molecule has 0 spiro atoms. The monoisotopic (exact) mass is 257 g/mol. The third-order valence-corrected chi connectivity index (χ3v) is 3.32. The molecule has 1 amide bonds. The first-order chi connectivity index (χ1) is 8.41.